The second-order valence-corrected chi connectivity index (χ2v) is 7.17. The molecule has 24 heavy (non-hydrogen) atoms. The van der Waals surface area contributed by atoms with Gasteiger partial charge in [-0.15, -0.1) is 6.58 Å². The Kier molecular flexibility index (Phi) is 5.87. The Morgan fingerprint density at radius 3 is 2.17 bits per heavy atom. The van der Waals surface area contributed by atoms with Crippen LogP contribution < -0.4 is 14.8 Å². The van der Waals surface area contributed by atoms with Gasteiger partial charge < -0.3 is 10.1 Å². The summed E-state index contributed by atoms with van der Waals surface area (Å²) in [5.74, 6) is 0.640. The van der Waals surface area contributed by atoms with Crippen molar-refractivity contribution in [2.45, 2.75) is 24.8 Å². The van der Waals surface area contributed by atoms with E-state index in [0.29, 0.717) is 18.0 Å². The normalized spacial score (nSPS) is 11.1. The topological polar surface area (TPSA) is 67.4 Å². The third-order valence-electron chi connectivity index (χ3n) is 3.09. The van der Waals surface area contributed by atoms with Gasteiger partial charge in [0, 0.05) is 17.9 Å². The highest BCUT2D eigenvalue weighted by Gasteiger charge is 2.14. The molecule has 0 radical (unpaired) electrons. The summed E-state index contributed by atoms with van der Waals surface area (Å²) in [7, 11) is -3.63. The third kappa shape index (κ3) is 5.03. The average molecular weight is 346 g/mol. The molecule has 5 nitrogen and oxygen atoms in total. The van der Waals surface area contributed by atoms with E-state index in [4.69, 9.17) is 4.74 Å². The van der Waals surface area contributed by atoms with Gasteiger partial charge >= 0.3 is 0 Å². The van der Waals surface area contributed by atoms with Gasteiger partial charge in [-0.05, 0) is 62.4 Å². The SMILES string of the molecule is C=CCNc1ccc(NS(=O)(=O)c2ccc(OC(C)C)cc2)cc1. The molecule has 0 saturated carbocycles. The average Bonchev–Trinajstić information content (AvgIpc) is 2.54. The van der Waals surface area contributed by atoms with Gasteiger partial charge in [0.1, 0.15) is 5.75 Å². The predicted molar refractivity (Wildman–Crippen MR) is 98.1 cm³/mol. The summed E-state index contributed by atoms with van der Waals surface area (Å²) in [5.41, 5.74) is 1.40. The lowest BCUT2D eigenvalue weighted by molar-refractivity contribution is 0.242. The van der Waals surface area contributed by atoms with Crippen LogP contribution in [-0.4, -0.2) is 21.1 Å². The van der Waals surface area contributed by atoms with Crippen LogP contribution in [0.15, 0.2) is 66.1 Å². The number of hydrogen-bond donors (Lipinski definition) is 2. The zero-order valence-electron chi connectivity index (χ0n) is 13.8. The van der Waals surface area contributed by atoms with Crippen molar-refractivity contribution < 1.29 is 13.2 Å². The number of ether oxygens (including phenoxy) is 1. The van der Waals surface area contributed by atoms with Crippen molar-refractivity contribution in [3.63, 3.8) is 0 Å². The predicted octanol–water partition coefficient (Wildman–Crippen LogP) is 3.87. The zero-order chi connectivity index (χ0) is 17.6. The smallest absolute Gasteiger partial charge is 0.261 e. The molecule has 0 bridgehead atoms. The first-order valence-corrected chi connectivity index (χ1v) is 9.13. The fourth-order valence-electron chi connectivity index (χ4n) is 2.03. The number of sulfonamides is 1. The molecule has 0 aliphatic rings. The van der Waals surface area contributed by atoms with Crippen molar-refractivity contribution in [2.75, 3.05) is 16.6 Å². The third-order valence-corrected chi connectivity index (χ3v) is 4.49. The van der Waals surface area contributed by atoms with Crippen LogP contribution in [0.3, 0.4) is 0 Å². The maximum Gasteiger partial charge on any atom is 0.261 e. The molecule has 0 amide bonds. The van der Waals surface area contributed by atoms with Crippen molar-refractivity contribution >= 4 is 21.4 Å². The molecule has 0 unspecified atom stereocenters. The van der Waals surface area contributed by atoms with Gasteiger partial charge in [0.05, 0.1) is 11.0 Å². The Labute approximate surface area is 143 Å². The highest BCUT2D eigenvalue weighted by molar-refractivity contribution is 7.92. The Morgan fingerprint density at radius 1 is 1.04 bits per heavy atom. The van der Waals surface area contributed by atoms with E-state index in [2.05, 4.69) is 16.6 Å². The summed E-state index contributed by atoms with van der Waals surface area (Å²) >= 11 is 0. The lowest BCUT2D eigenvalue weighted by atomic mass is 10.3. The molecule has 0 heterocycles. The molecule has 2 aromatic carbocycles. The van der Waals surface area contributed by atoms with E-state index in [-0.39, 0.29) is 11.0 Å². The van der Waals surface area contributed by atoms with Crippen LogP contribution >= 0.6 is 0 Å². The number of nitrogens with one attached hydrogen (secondary N) is 2. The second-order valence-electron chi connectivity index (χ2n) is 5.49. The molecule has 0 fully saturated rings. The van der Waals surface area contributed by atoms with E-state index < -0.39 is 10.0 Å². The number of benzene rings is 2. The molecule has 128 valence electrons. The second kappa shape index (κ2) is 7.88. The minimum Gasteiger partial charge on any atom is -0.491 e. The van der Waals surface area contributed by atoms with Gasteiger partial charge in [0.2, 0.25) is 0 Å². The van der Waals surface area contributed by atoms with E-state index in [1.54, 1.807) is 42.5 Å². The summed E-state index contributed by atoms with van der Waals surface area (Å²) < 4.78 is 32.9. The molecule has 2 aromatic rings. The molecule has 2 rings (SSSR count). The zero-order valence-corrected chi connectivity index (χ0v) is 14.6. The van der Waals surface area contributed by atoms with E-state index >= 15 is 0 Å². The monoisotopic (exact) mass is 346 g/mol. The van der Waals surface area contributed by atoms with Gasteiger partial charge in [0.25, 0.3) is 10.0 Å². The molecule has 0 aliphatic heterocycles. The van der Waals surface area contributed by atoms with Gasteiger partial charge in [-0.3, -0.25) is 4.72 Å². The highest BCUT2D eigenvalue weighted by atomic mass is 32.2. The molecule has 0 aromatic heterocycles. The summed E-state index contributed by atoms with van der Waals surface area (Å²) in [4.78, 5) is 0.187. The van der Waals surface area contributed by atoms with Crippen LogP contribution in [0.2, 0.25) is 0 Å². The molecule has 0 spiro atoms. The van der Waals surface area contributed by atoms with Crippen molar-refractivity contribution in [2.24, 2.45) is 0 Å². The first-order chi connectivity index (χ1) is 11.4. The largest absolute Gasteiger partial charge is 0.491 e. The van der Waals surface area contributed by atoms with E-state index in [1.807, 2.05) is 13.8 Å². The maximum absolute atomic E-state index is 12.4. The first-order valence-electron chi connectivity index (χ1n) is 7.65. The number of rotatable bonds is 8. The molecule has 2 N–H and O–H groups in total. The highest BCUT2D eigenvalue weighted by Crippen LogP contribution is 2.21. The molecule has 6 heteroatoms. The van der Waals surface area contributed by atoms with Gasteiger partial charge in [0.15, 0.2) is 0 Å². The lowest BCUT2D eigenvalue weighted by Gasteiger charge is -2.12. The van der Waals surface area contributed by atoms with Gasteiger partial charge in [-0.2, -0.15) is 0 Å². The summed E-state index contributed by atoms with van der Waals surface area (Å²) in [6.45, 7) is 8.12. The fraction of sp³-hybridized carbons (Fsp3) is 0.222. The van der Waals surface area contributed by atoms with Gasteiger partial charge in [-0.25, -0.2) is 8.42 Å². The van der Waals surface area contributed by atoms with Crippen molar-refractivity contribution in [3.05, 3.63) is 61.2 Å². The van der Waals surface area contributed by atoms with Crippen LogP contribution in [0.1, 0.15) is 13.8 Å². The van der Waals surface area contributed by atoms with Crippen LogP contribution in [0.4, 0.5) is 11.4 Å². The molecule has 0 atom stereocenters. The Bertz CT molecular complexity index is 767. The first kappa shape index (κ1) is 17.9. The summed E-state index contributed by atoms with van der Waals surface area (Å²) in [6, 6.07) is 13.4. The van der Waals surface area contributed by atoms with Crippen LogP contribution in [0.25, 0.3) is 0 Å². The number of hydrogen-bond acceptors (Lipinski definition) is 4. The van der Waals surface area contributed by atoms with E-state index in [9.17, 15) is 8.42 Å². The quantitative estimate of drug-likeness (QED) is 0.712. The summed E-state index contributed by atoms with van der Waals surface area (Å²) in [5, 5.41) is 3.13. The van der Waals surface area contributed by atoms with Crippen LogP contribution in [-0.2, 0) is 10.0 Å². The molecule has 0 saturated heterocycles. The van der Waals surface area contributed by atoms with Crippen LogP contribution in [0, 0.1) is 0 Å². The summed E-state index contributed by atoms with van der Waals surface area (Å²) in [6.07, 6.45) is 1.79. The van der Waals surface area contributed by atoms with Gasteiger partial charge in [-0.1, -0.05) is 6.08 Å². The Hall–Kier alpha value is -2.47. The molecular formula is C18H22N2O3S. The van der Waals surface area contributed by atoms with Crippen molar-refractivity contribution in [1.29, 1.82) is 0 Å². The lowest BCUT2D eigenvalue weighted by Crippen LogP contribution is -2.13. The standard InChI is InChI=1S/C18H22N2O3S/c1-4-13-19-15-5-7-16(8-6-15)20-24(21,22)18-11-9-17(10-12-18)23-14(2)3/h4-12,14,19-20H,1,13H2,2-3H3. The van der Waals surface area contributed by atoms with Crippen molar-refractivity contribution in [1.82, 2.24) is 0 Å². The van der Waals surface area contributed by atoms with Crippen molar-refractivity contribution in [3.8, 4) is 5.75 Å². The minimum atomic E-state index is -3.63. The molecular weight excluding hydrogens is 324 g/mol. The minimum absolute atomic E-state index is 0.0406. The van der Waals surface area contributed by atoms with E-state index in [1.165, 1.54) is 12.1 Å². The fourth-order valence-corrected chi connectivity index (χ4v) is 3.09. The van der Waals surface area contributed by atoms with Crippen LogP contribution in [0.5, 0.6) is 5.75 Å². The Balaban J connectivity index is 2.08. The number of anilines is 2. The van der Waals surface area contributed by atoms with E-state index in [0.717, 1.165) is 5.69 Å². The molecule has 0 aliphatic carbocycles. The Morgan fingerprint density at radius 2 is 1.62 bits per heavy atom. The maximum atomic E-state index is 12.4.